The maximum absolute atomic E-state index is 5.47. The average molecular weight is 254 g/mol. The molecule has 3 nitrogen and oxygen atoms in total. The summed E-state index contributed by atoms with van der Waals surface area (Å²) in [5.74, 6) is 1.69. The van der Waals surface area contributed by atoms with Crippen LogP contribution in [0.5, 0.6) is 11.5 Å². The molecular weight excluding hydrogens is 238 g/mol. The van der Waals surface area contributed by atoms with Crippen LogP contribution in [0.15, 0.2) is 36.4 Å². The van der Waals surface area contributed by atoms with Gasteiger partial charge in [0.1, 0.15) is 18.1 Å². The van der Waals surface area contributed by atoms with E-state index in [2.05, 4.69) is 0 Å². The van der Waals surface area contributed by atoms with Gasteiger partial charge < -0.3 is 15.2 Å². The molecule has 0 spiro atoms. The lowest BCUT2D eigenvalue weighted by Gasteiger charge is -2.07. The van der Waals surface area contributed by atoms with Crippen LogP contribution in [-0.2, 0) is 0 Å². The number of fused-ring (bicyclic) bond motifs is 1. The normalized spacial score (nSPS) is 9.76. The van der Waals surface area contributed by atoms with Crippen molar-refractivity contribution in [3.63, 3.8) is 0 Å². The summed E-state index contributed by atoms with van der Waals surface area (Å²) in [5.41, 5.74) is 5.39. The molecule has 0 unspecified atom stereocenters. The van der Waals surface area contributed by atoms with E-state index >= 15 is 0 Å². The molecule has 92 valence electrons. The number of ether oxygens (including phenoxy) is 2. The quantitative estimate of drug-likeness (QED) is 0.911. The second-order valence-corrected chi connectivity index (χ2v) is 3.51. The molecule has 0 aliphatic rings. The fraction of sp³-hybridized carbons (Fsp3) is 0.231. The first-order valence-electron chi connectivity index (χ1n) is 5.24. The largest absolute Gasteiger partial charge is 0.497 e. The number of hydrogen-bond acceptors (Lipinski definition) is 3. The highest BCUT2D eigenvalue weighted by molar-refractivity contribution is 5.85. The van der Waals surface area contributed by atoms with Crippen LogP contribution in [0.2, 0.25) is 0 Å². The minimum Gasteiger partial charge on any atom is -0.497 e. The number of benzene rings is 2. The van der Waals surface area contributed by atoms with Crippen molar-refractivity contribution in [2.24, 2.45) is 5.73 Å². The van der Waals surface area contributed by atoms with E-state index in [0.29, 0.717) is 13.2 Å². The molecule has 0 atom stereocenters. The molecule has 0 fully saturated rings. The molecule has 0 aromatic heterocycles. The van der Waals surface area contributed by atoms with E-state index in [1.807, 2.05) is 36.4 Å². The Labute approximate surface area is 107 Å². The highest BCUT2D eigenvalue weighted by atomic mass is 35.5. The molecule has 0 saturated heterocycles. The SMILES string of the molecule is COc1ccc2ccc(OCCN)cc2c1.Cl. The Kier molecular flexibility index (Phi) is 5.07. The molecule has 0 aliphatic carbocycles. The summed E-state index contributed by atoms with van der Waals surface area (Å²) in [6.07, 6.45) is 0. The molecule has 0 heterocycles. The molecule has 4 heteroatoms. The zero-order chi connectivity index (χ0) is 11.4. The first kappa shape index (κ1) is 13.6. The molecular formula is C13H16ClNO2. The third kappa shape index (κ3) is 3.25. The van der Waals surface area contributed by atoms with E-state index in [9.17, 15) is 0 Å². The van der Waals surface area contributed by atoms with Crippen molar-refractivity contribution in [3.8, 4) is 11.5 Å². The predicted octanol–water partition coefficient (Wildman–Crippen LogP) is 2.61. The molecule has 0 saturated carbocycles. The summed E-state index contributed by atoms with van der Waals surface area (Å²) in [6, 6.07) is 11.9. The van der Waals surface area contributed by atoms with E-state index in [1.165, 1.54) is 5.39 Å². The minimum atomic E-state index is 0. The number of hydrogen-bond donors (Lipinski definition) is 1. The van der Waals surface area contributed by atoms with Crippen LogP contribution in [0.3, 0.4) is 0 Å². The van der Waals surface area contributed by atoms with Gasteiger partial charge in [0.15, 0.2) is 0 Å². The van der Waals surface area contributed by atoms with E-state index in [1.54, 1.807) is 7.11 Å². The Morgan fingerprint density at radius 2 is 1.65 bits per heavy atom. The second-order valence-electron chi connectivity index (χ2n) is 3.51. The molecule has 2 aromatic carbocycles. The second kappa shape index (κ2) is 6.33. The summed E-state index contributed by atoms with van der Waals surface area (Å²) >= 11 is 0. The lowest BCUT2D eigenvalue weighted by molar-refractivity contribution is 0.329. The maximum atomic E-state index is 5.47. The first-order valence-corrected chi connectivity index (χ1v) is 5.24. The number of methoxy groups -OCH3 is 1. The summed E-state index contributed by atoms with van der Waals surface area (Å²) in [5, 5.41) is 2.27. The molecule has 0 bridgehead atoms. The zero-order valence-corrected chi connectivity index (χ0v) is 10.5. The van der Waals surface area contributed by atoms with Crippen LogP contribution >= 0.6 is 12.4 Å². The summed E-state index contributed by atoms with van der Waals surface area (Å²) < 4.78 is 10.7. The predicted molar refractivity (Wildman–Crippen MR) is 72.3 cm³/mol. The summed E-state index contributed by atoms with van der Waals surface area (Å²) in [4.78, 5) is 0. The fourth-order valence-corrected chi connectivity index (χ4v) is 1.60. The minimum absolute atomic E-state index is 0. The summed E-state index contributed by atoms with van der Waals surface area (Å²) in [6.45, 7) is 1.06. The van der Waals surface area contributed by atoms with Gasteiger partial charge in [0, 0.05) is 6.54 Å². The van der Waals surface area contributed by atoms with Crippen molar-refractivity contribution in [3.05, 3.63) is 36.4 Å². The Hall–Kier alpha value is -1.45. The van der Waals surface area contributed by atoms with Gasteiger partial charge >= 0.3 is 0 Å². The fourth-order valence-electron chi connectivity index (χ4n) is 1.60. The highest BCUT2D eigenvalue weighted by Gasteiger charge is 1.99. The monoisotopic (exact) mass is 253 g/mol. The number of halogens is 1. The topological polar surface area (TPSA) is 44.5 Å². The van der Waals surface area contributed by atoms with Gasteiger partial charge in [-0.1, -0.05) is 12.1 Å². The van der Waals surface area contributed by atoms with Gasteiger partial charge in [-0.2, -0.15) is 0 Å². The van der Waals surface area contributed by atoms with Gasteiger partial charge in [-0.3, -0.25) is 0 Å². The molecule has 2 aromatic rings. The molecule has 0 aliphatic heterocycles. The van der Waals surface area contributed by atoms with Crippen LogP contribution in [0, 0.1) is 0 Å². The number of nitrogens with two attached hydrogens (primary N) is 1. The third-order valence-electron chi connectivity index (χ3n) is 2.41. The van der Waals surface area contributed by atoms with Crippen molar-refractivity contribution in [1.82, 2.24) is 0 Å². The van der Waals surface area contributed by atoms with E-state index in [-0.39, 0.29) is 12.4 Å². The van der Waals surface area contributed by atoms with Crippen LogP contribution in [0.1, 0.15) is 0 Å². The Balaban J connectivity index is 0.00000144. The average Bonchev–Trinajstić information content (AvgIpc) is 2.35. The van der Waals surface area contributed by atoms with Crippen molar-refractivity contribution in [2.75, 3.05) is 20.3 Å². The van der Waals surface area contributed by atoms with E-state index < -0.39 is 0 Å². The third-order valence-corrected chi connectivity index (χ3v) is 2.41. The van der Waals surface area contributed by atoms with Crippen LogP contribution < -0.4 is 15.2 Å². The van der Waals surface area contributed by atoms with Crippen molar-refractivity contribution < 1.29 is 9.47 Å². The Morgan fingerprint density at radius 3 is 2.29 bits per heavy atom. The summed E-state index contributed by atoms with van der Waals surface area (Å²) in [7, 11) is 1.66. The molecule has 0 amide bonds. The van der Waals surface area contributed by atoms with Crippen molar-refractivity contribution in [2.45, 2.75) is 0 Å². The standard InChI is InChI=1S/C13H15NO2.ClH/c1-15-12-4-2-10-3-5-13(16-7-6-14)9-11(10)8-12;/h2-5,8-9H,6-7,14H2,1H3;1H. The van der Waals surface area contributed by atoms with Gasteiger partial charge in [-0.05, 0) is 35.0 Å². The van der Waals surface area contributed by atoms with Crippen LogP contribution in [0.4, 0.5) is 0 Å². The molecule has 0 radical (unpaired) electrons. The van der Waals surface area contributed by atoms with Crippen molar-refractivity contribution in [1.29, 1.82) is 0 Å². The van der Waals surface area contributed by atoms with Crippen LogP contribution in [-0.4, -0.2) is 20.3 Å². The van der Waals surface area contributed by atoms with Gasteiger partial charge in [0.2, 0.25) is 0 Å². The van der Waals surface area contributed by atoms with Crippen LogP contribution in [0.25, 0.3) is 10.8 Å². The molecule has 2 rings (SSSR count). The van der Waals surface area contributed by atoms with Gasteiger partial charge in [0.25, 0.3) is 0 Å². The number of rotatable bonds is 4. The van der Waals surface area contributed by atoms with Crippen molar-refractivity contribution >= 4 is 23.2 Å². The molecule has 17 heavy (non-hydrogen) atoms. The molecule has 2 N–H and O–H groups in total. The zero-order valence-electron chi connectivity index (χ0n) is 9.68. The van der Waals surface area contributed by atoms with Gasteiger partial charge in [-0.25, -0.2) is 0 Å². The lowest BCUT2D eigenvalue weighted by Crippen LogP contribution is -2.10. The van der Waals surface area contributed by atoms with Gasteiger partial charge in [0.05, 0.1) is 7.11 Å². The maximum Gasteiger partial charge on any atom is 0.120 e. The Bertz CT molecular complexity index is 488. The highest BCUT2D eigenvalue weighted by Crippen LogP contribution is 2.24. The Morgan fingerprint density at radius 1 is 1.00 bits per heavy atom. The smallest absolute Gasteiger partial charge is 0.120 e. The van der Waals surface area contributed by atoms with Gasteiger partial charge in [-0.15, -0.1) is 12.4 Å². The van der Waals surface area contributed by atoms with E-state index in [4.69, 9.17) is 15.2 Å². The lowest BCUT2D eigenvalue weighted by atomic mass is 10.1. The first-order chi connectivity index (χ1) is 7.83. The van der Waals surface area contributed by atoms with E-state index in [0.717, 1.165) is 16.9 Å².